The van der Waals surface area contributed by atoms with Gasteiger partial charge in [0.15, 0.2) is 5.69 Å². The van der Waals surface area contributed by atoms with Crippen LogP contribution in [0.2, 0.25) is 0 Å². The van der Waals surface area contributed by atoms with Crippen LogP contribution in [-0.2, 0) is 4.79 Å². The highest BCUT2D eigenvalue weighted by molar-refractivity contribution is 7.09. The average Bonchev–Trinajstić information content (AvgIpc) is 3.24. The molecular formula is C25H32FN5O3S. The van der Waals surface area contributed by atoms with Gasteiger partial charge < -0.3 is 16.4 Å². The first-order valence-electron chi connectivity index (χ1n) is 12.3. The molecule has 3 amide bonds. The number of amides is 3. The molecule has 35 heavy (non-hydrogen) atoms. The maximum Gasteiger partial charge on any atom is 0.273 e. The highest BCUT2D eigenvalue weighted by Gasteiger charge is 2.29. The first-order valence-corrected chi connectivity index (χ1v) is 13.1. The van der Waals surface area contributed by atoms with Crippen molar-refractivity contribution in [3.63, 3.8) is 0 Å². The predicted octanol–water partition coefficient (Wildman–Crippen LogP) is 4.02. The lowest BCUT2D eigenvalue weighted by Crippen LogP contribution is -2.45. The maximum atomic E-state index is 14.0. The molecule has 0 radical (unpaired) electrons. The third-order valence-corrected chi connectivity index (χ3v) is 7.57. The van der Waals surface area contributed by atoms with Crippen LogP contribution in [0.3, 0.4) is 0 Å². The number of nitrogens with one attached hydrogen (secondary N) is 2. The van der Waals surface area contributed by atoms with Gasteiger partial charge in [-0.2, -0.15) is 4.37 Å². The van der Waals surface area contributed by atoms with E-state index in [1.807, 2.05) is 0 Å². The Labute approximate surface area is 208 Å². The summed E-state index contributed by atoms with van der Waals surface area (Å²) in [5, 5.41) is 5.95. The van der Waals surface area contributed by atoms with Crippen molar-refractivity contribution in [2.75, 3.05) is 17.2 Å². The first-order chi connectivity index (χ1) is 16.9. The van der Waals surface area contributed by atoms with Crippen molar-refractivity contribution in [1.82, 2.24) is 15.0 Å². The van der Waals surface area contributed by atoms with Gasteiger partial charge in [0.05, 0.1) is 5.69 Å². The predicted molar refractivity (Wildman–Crippen MR) is 134 cm³/mol. The minimum Gasteiger partial charge on any atom is -0.395 e. The van der Waals surface area contributed by atoms with Gasteiger partial charge in [0.1, 0.15) is 17.2 Å². The highest BCUT2D eigenvalue weighted by atomic mass is 32.1. The summed E-state index contributed by atoms with van der Waals surface area (Å²) < 4.78 is 18.1. The minimum atomic E-state index is -0.596. The molecule has 0 saturated heterocycles. The number of rotatable bonds is 7. The van der Waals surface area contributed by atoms with Gasteiger partial charge in [-0.1, -0.05) is 44.6 Å². The number of carbonyl (C=O) groups is 3. The summed E-state index contributed by atoms with van der Waals surface area (Å²) in [6, 6.07) is 5.64. The number of nitrogens with two attached hydrogens (primary N) is 1. The first kappa shape index (κ1) is 25.1. The lowest BCUT2D eigenvalue weighted by Gasteiger charge is -2.26. The zero-order valence-electron chi connectivity index (χ0n) is 19.7. The molecule has 188 valence electrons. The lowest BCUT2D eigenvalue weighted by molar-refractivity contribution is -0.120. The molecule has 2 aliphatic rings. The molecule has 2 saturated carbocycles. The van der Waals surface area contributed by atoms with Gasteiger partial charge >= 0.3 is 0 Å². The van der Waals surface area contributed by atoms with Gasteiger partial charge in [0.25, 0.3) is 11.8 Å². The van der Waals surface area contributed by atoms with E-state index >= 15 is 0 Å². The molecule has 4 N–H and O–H groups in total. The standard InChI is InChI=1S/C25H32FN5O3S/c26-16-8-7-13-19(14-16)31(15-20(32)28-17-9-3-1-4-10-17)25(34)23-21(27)22(30-35-23)24(33)29-18-11-5-2-6-12-18/h7-8,13-14,17-18H,1-6,9-12,15,27H2,(H,28,32)(H,29,33). The molecule has 4 rings (SSSR count). The van der Waals surface area contributed by atoms with E-state index in [0.717, 1.165) is 75.7 Å². The second-order valence-corrected chi connectivity index (χ2v) is 10.1. The van der Waals surface area contributed by atoms with Gasteiger partial charge in [0.2, 0.25) is 5.91 Å². The summed E-state index contributed by atoms with van der Waals surface area (Å²) in [5.41, 5.74) is 6.42. The Kier molecular flexibility index (Phi) is 8.33. The summed E-state index contributed by atoms with van der Waals surface area (Å²) in [5.74, 6) is -1.86. The lowest BCUT2D eigenvalue weighted by atomic mass is 9.95. The average molecular weight is 502 g/mol. The molecule has 2 aliphatic carbocycles. The largest absolute Gasteiger partial charge is 0.395 e. The van der Waals surface area contributed by atoms with Crippen LogP contribution >= 0.6 is 11.5 Å². The van der Waals surface area contributed by atoms with Crippen molar-refractivity contribution in [1.29, 1.82) is 0 Å². The molecule has 2 aromatic rings. The van der Waals surface area contributed by atoms with Crippen LogP contribution in [0, 0.1) is 5.82 Å². The van der Waals surface area contributed by atoms with Crippen molar-refractivity contribution in [3.05, 3.63) is 40.7 Å². The van der Waals surface area contributed by atoms with Crippen LogP contribution in [-0.4, -0.2) is 40.7 Å². The summed E-state index contributed by atoms with van der Waals surface area (Å²) in [6.45, 7) is -0.292. The smallest absolute Gasteiger partial charge is 0.273 e. The molecule has 0 atom stereocenters. The van der Waals surface area contributed by atoms with Crippen LogP contribution in [0.5, 0.6) is 0 Å². The van der Waals surface area contributed by atoms with E-state index in [-0.39, 0.29) is 46.5 Å². The Hall–Kier alpha value is -3.01. The Morgan fingerprint density at radius 3 is 2.26 bits per heavy atom. The topological polar surface area (TPSA) is 117 Å². The van der Waals surface area contributed by atoms with Gasteiger partial charge in [-0.05, 0) is 55.4 Å². The SMILES string of the molecule is Nc1c(C(=O)NC2CCCCC2)nsc1C(=O)N(CC(=O)NC1CCCCC1)c1cccc(F)c1. The highest BCUT2D eigenvalue weighted by Crippen LogP contribution is 2.27. The zero-order chi connectivity index (χ0) is 24.8. The van der Waals surface area contributed by atoms with Gasteiger partial charge in [0, 0.05) is 17.8 Å². The fraction of sp³-hybridized carbons (Fsp3) is 0.520. The Morgan fingerprint density at radius 1 is 1.00 bits per heavy atom. The Bertz CT molecular complexity index is 1060. The second kappa shape index (κ2) is 11.6. The van der Waals surface area contributed by atoms with Gasteiger partial charge in [-0.3, -0.25) is 19.3 Å². The zero-order valence-corrected chi connectivity index (χ0v) is 20.5. The van der Waals surface area contributed by atoms with Crippen molar-refractivity contribution in [2.45, 2.75) is 76.3 Å². The molecule has 0 unspecified atom stereocenters. The van der Waals surface area contributed by atoms with Gasteiger partial charge in [-0.15, -0.1) is 0 Å². The monoisotopic (exact) mass is 501 g/mol. The Balaban J connectivity index is 1.52. The number of nitrogen functional groups attached to an aromatic ring is 1. The number of benzene rings is 1. The molecule has 1 aromatic heterocycles. The van der Waals surface area contributed by atoms with Crippen LogP contribution in [0.25, 0.3) is 0 Å². The third kappa shape index (κ3) is 6.36. The third-order valence-electron chi connectivity index (χ3n) is 6.71. The van der Waals surface area contributed by atoms with Crippen LogP contribution in [0.15, 0.2) is 24.3 Å². The molecule has 0 bridgehead atoms. The summed E-state index contributed by atoms with van der Waals surface area (Å²) in [6.07, 6.45) is 10.2. The maximum absolute atomic E-state index is 14.0. The van der Waals surface area contributed by atoms with Crippen molar-refractivity contribution in [2.24, 2.45) is 0 Å². The van der Waals surface area contributed by atoms with E-state index < -0.39 is 17.6 Å². The molecule has 0 spiro atoms. The molecule has 8 nitrogen and oxygen atoms in total. The van der Waals surface area contributed by atoms with E-state index in [2.05, 4.69) is 15.0 Å². The molecule has 10 heteroatoms. The fourth-order valence-corrected chi connectivity index (χ4v) is 5.57. The number of anilines is 2. The number of hydrogen-bond donors (Lipinski definition) is 3. The normalized spacial score (nSPS) is 17.1. The van der Waals surface area contributed by atoms with Gasteiger partial charge in [-0.25, -0.2) is 4.39 Å². The second-order valence-electron chi connectivity index (χ2n) is 9.36. The van der Waals surface area contributed by atoms with E-state index in [9.17, 15) is 18.8 Å². The summed E-state index contributed by atoms with van der Waals surface area (Å²) in [4.78, 5) is 40.3. The molecule has 2 fully saturated rings. The van der Waals surface area contributed by atoms with E-state index in [4.69, 9.17) is 5.73 Å². The van der Waals surface area contributed by atoms with Crippen molar-refractivity contribution >= 4 is 40.6 Å². The molecule has 1 heterocycles. The van der Waals surface area contributed by atoms with Crippen molar-refractivity contribution in [3.8, 4) is 0 Å². The number of aromatic nitrogens is 1. The fourth-order valence-electron chi connectivity index (χ4n) is 4.83. The summed E-state index contributed by atoms with van der Waals surface area (Å²) >= 11 is 0.812. The number of halogens is 1. The summed E-state index contributed by atoms with van der Waals surface area (Å²) in [7, 11) is 0. The molecular weight excluding hydrogens is 469 g/mol. The molecule has 1 aromatic carbocycles. The Morgan fingerprint density at radius 2 is 1.63 bits per heavy atom. The van der Waals surface area contributed by atoms with Crippen molar-refractivity contribution < 1.29 is 18.8 Å². The number of nitrogens with zero attached hydrogens (tertiary/aromatic N) is 2. The quantitative estimate of drug-likeness (QED) is 0.530. The van der Waals surface area contributed by atoms with E-state index in [0.29, 0.717) is 0 Å². The van der Waals surface area contributed by atoms with E-state index in [1.165, 1.54) is 23.1 Å². The molecule has 0 aliphatic heterocycles. The number of carbonyl (C=O) groups excluding carboxylic acids is 3. The van der Waals surface area contributed by atoms with Crippen LogP contribution < -0.4 is 21.3 Å². The van der Waals surface area contributed by atoms with Crippen LogP contribution in [0.4, 0.5) is 15.8 Å². The minimum absolute atomic E-state index is 0.00905. The number of hydrogen-bond acceptors (Lipinski definition) is 6. The van der Waals surface area contributed by atoms with Crippen LogP contribution in [0.1, 0.15) is 84.4 Å². The van der Waals surface area contributed by atoms with E-state index in [1.54, 1.807) is 6.07 Å².